The molecule has 0 aliphatic carbocycles. The van der Waals surface area contributed by atoms with Crippen LogP contribution in [0.4, 0.5) is 10.2 Å². The van der Waals surface area contributed by atoms with Crippen molar-refractivity contribution in [3.05, 3.63) is 78.6 Å². The number of amides is 1. The monoisotopic (exact) mass is 527 g/mol. The first-order valence-electron chi connectivity index (χ1n) is 12.7. The number of piperidine rings is 1. The third-order valence-corrected chi connectivity index (χ3v) is 6.78. The Morgan fingerprint density at radius 3 is 2.87 bits per heavy atom. The first-order chi connectivity index (χ1) is 19.1. The number of benzene rings is 1. The van der Waals surface area contributed by atoms with Gasteiger partial charge in [-0.15, -0.1) is 5.10 Å². The maximum absolute atomic E-state index is 15.6. The number of carbonyl (C=O) groups excluding carboxylic acids is 1. The standard InChI is InChI=1S/C27H26FN9O2/c28-23-14-19(37-26-24(33-34-37)6-3-11-31-26)7-8-22(23)27(39)36(20-4-1-9-29-16-20)25-21(5-2-10-30-25)18-15-32-35(17-18)12-13-38/h2-3,5-8,10-11,14-15,17,20,29,38H,1,4,9,12-13,16H2/t20-/m1/s1. The zero-order chi connectivity index (χ0) is 26.8. The van der Waals surface area contributed by atoms with Crippen molar-refractivity contribution >= 4 is 22.9 Å². The molecule has 5 aromatic rings. The number of pyridine rings is 2. The molecule has 2 N–H and O–H groups in total. The number of aliphatic hydroxyl groups excluding tert-OH is 1. The van der Waals surface area contributed by atoms with Crippen molar-refractivity contribution in [2.24, 2.45) is 0 Å². The van der Waals surface area contributed by atoms with E-state index >= 15 is 4.39 Å². The van der Waals surface area contributed by atoms with Crippen molar-refractivity contribution in [3.63, 3.8) is 0 Å². The zero-order valence-corrected chi connectivity index (χ0v) is 21.0. The van der Waals surface area contributed by atoms with Gasteiger partial charge in [-0.1, -0.05) is 5.21 Å². The molecule has 11 nitrogen and oxygen atoms in total. The van der Waals surface area contributed by atoms with E-state index in [1.807, 2.05) is 6.07 Å². The minimum atomic E-state index is -0.681. The van der Waals surface area contributed by atoms with Crippen molar-refractivity contribution in [3.8, 4) is 16.8 Å². The summed E-state index contributed by atoms with van der Waals surface area (Å²) >= 11 is 0. The first kappa shape index (κ1) is 24.8. The van der Waals surface area contributed by atoms with Crippen LogP contribution in [0.15, 0.2) is 67.3 Å². The molecule has 198 valence electrons. The van der Waals surface area contributed by atoms with E-state index in [4.69, 9.17) is 0 Å². The van der Waals surface area contributed by atoms with E-state index in [0.29, 0.717) is 41.3 Å². The molecular weight excluding hydrogens is 501 g/mol. The molecule has 5 heterocycles. The van der Waals surface area contributed by atoms with Crippen LogP contribution in [-0.2, 0) is 6.54 Å². The van der Waals surface area contributed by atoms with Gasteiger partial charge in [0.2, 0.25) is 0 Å². The van der Waals surface area contributed by atoms with Crippen molar-refractivity contribution in [1.29, 1.82) is 0 Å². The molecule has 0 spiro atoms. The highest BCUT2D eigenvalue weighted by atomic mass is 19.1. The second-order valence-corrected chi connectivity index (χ2v) is 9.28. The second kappa shape index (κ2) is 10.7. The van der Waals surface area contributed by atoms with Gasteiger partial charge in [0, 0.05) is 42.3 Å². The topological polar surface area (TPSA) is 127 Å². The average molecular weight is 528 g/mol. The molecule has 0 unspecified atom stereocenters. The van der Waals surface area contributed by atoms with Crippen LogP contribution in [-0.4, -0.2) is 71.5 Å². The lowest BCUT2D eigenvalue weighted by Gasteiger charge is -2.35. The minimum absolute atomic E-state index is 0.0465. The Bertz CT molecular complexity index is 1630. The van der Waals surface area contributed by atoms with Gasteiger partial charge in [0.1, 0.15) is 17.2 Å². The van der Waals surface area contributed by atoms with Gasteiger partial charge >= 0.3 is 0 Å². The largest absolute Gasteiger partial charge is 0.394 e. The van der Waals surface area contributed by atoms with Crippen LogP contribution >= 0.6 is 0 Å². The summed E-state index contributed by atoms with van der Waals surface area (Å²) in [4.78, 5) is 24.6. The Hall–Kier alpha value is -4.55. The number of nitrogens with one attached hydrogen (secondary N) is 1. The third-order valence-electron chi connectivity index (χ3n) is 6.78. The van der Waals surface area contributed by atoms with Crippen molar-refractivity contribution < 1.29 is 14.3 Å². The molecule has 6 rings (SSSR count). The maximum atomic E-state index is 15.6. The molecule has 1 aliphatic rings. The molecule has 1 amide bonds. The van der Waals surface area contributed by atoms with E-state index in [9.17, 15) is 9.90 Å². The summed E-state index contributed by atoms with van der Waals surface area (Å²) in [6, 6.07) is 11.3. The Morgan fingerprint density at radius 2 is 2.05 bits per heavy atom. The summed E-state index contributed by atoms with van der Waals surface area (Å²) < 4.78 is 18.7. The first-order valence-corrected chi connectivity index (χ1v) is 12.7. The van der Waals surface area contributed by atoms with Gasteiger partial charge in [0.25, 0.3) is 5.91 Å². The highest BCUT2D eigenvalue weighted by molar-refractivity contribution is 6.08. The van der Waals surface area contributed by atoms with Crippen LogP contribution in [0.25, 0.3) is 28.0 Å². The quantitative estimate of drug-likeness (QED) is 0.331. The van der Waals surface area contributed by atoms with E-state index in [2.05, 4.69) is 30.7 Å². The van der Waals surface area contributed by atoms with E-state index < -0.39 is 11.7 Å². The lowest BCUT2D eigenvalue weighted by atomic mass is 10.0. The number of aliphatic hydroxyl groups is 1. The van der Waals surface area contributed by atoms with E-state index in [1.165, 1.54) is 16.8 Å². The van der Waals surface area contributed by atoms with Crippen LogP contribution in [0, 0.1) is 5.82 Å². The molecule has 1 saturated heterocycles. The molecule has 1 atom stereocenters. The number of carbonyl (C=O) groups is 1. The molecule has 4 aromatic heterocycles. The number of aromatic nitrogens is 7. The fourth-order valence-electron chi connectivity index (χ4n) is 4.91. The maximum Gasteiger partial charge on any atom is 0.262 e. The highest BCUT2D eigenvalue weighted by Crippen LogP contribution is 2.33. The Balaban J connectivity index is 1.40. The third kappa shape index (κ3) is 4.75. The van der Waals surface area contributed by atoms with Crippen LogP contribution in [0.2, 0.25) is 0 Å². The molecule has 1 fully saturated rings. The fourth-order valence-corrected chi connectivity index (χ4v) is 4.91. The zero-order valence-electron chi connectivity index (χ0n) is 21.0. The fraction of sp³-hybridized carbons (Fsp3) is 0.259. The second-order valence-electron chi connectivity index (χ2n) is 9.28. The Morgan fingerprint density at radius 1 is 1.18 bits per heavy atom. The molecule has 1 aromatic carbocycles. The van der Waals surface area contributed by atoms with Crippen LogP contribution in [0.5, 0.6) is 0 Å². The normalized spacial score (nSPS) is 15.5. The number of rotatable bonds is 7. The predicted octanol–water partition coefficient (Wildman–Crippen LogP) is 2.60. The Kier molecular flexibility index (Phi) is 6.78. The summed E-state index contributed by atoms with van der Waals surface area (Å²) in [5.74, 6) is -0.745. The molecule has 1 aliphatic heterocycles. The summed E-state index contributed by atoms with van der Waals surface area (Å²) in [6.45, 7) is 1.71. The van der Waals surface area contributed by atoms with Gasteiger partial charge in [-0.05, 0) is 55.8 Å². The van der Waals surface area contributed by atoms with Crippen molar-refractivity contribution in [2.75, 3.05) is 24.6 Å². The average Bonchev–Trinajstić information content (AvgIpc) is 3.62. The van der Waals surface area contributed by atoms with Gasteiger partial charge in [0.15, 0.2) is 5.65 Å². The molecule has 0 saturated carbocycles. The van der Waals surface area contributed by atoms with Gasteiger partial charge in [0.05, 0.1) is 36.6 Å². The number of fused-ring (bicyclic) bond motifs is 1. The van der Waals surface area contributed by atoms with E-state index in [1.54, 1.807) is 58.6 Å². The molecule has 0 bridgehead atoms. The van der Waals surface area contributed by atoms with Gasteiger partial charge in [-0.2, -0.15) is 9.78 Å². The van der Waals surface area contributed by atoms with Crippen molar-refractivity contribution in [2.45, 2.75) is 25.4 Å². The minimum Gasteiger partial charge on any atom is -0.394 e. The number of hydrogen-bond acceptors (Lipinski definition) is 8. The van der Waals surface area contributed by atoms with E-state index in [-0.39, 0.29) is 18.2 Å². The summed E-state index contributed by atoms with van der Waals surface area (Å²) in [5.41, 5.74) is 2.84. The Labute approximate surface area is 222 Å². The lowest BCUT2D eigenvalue weighted by Crippen LogP contribution is -2.49. The molecule has 39 heavy (non-hydrogen) atoms. The SMILES string of the molecule is O=C(c1ccc(-n2nnc3cccnc32)cc1F)N(c1ncccc1-c1cnn(CCO)c1)[C@@H]1CCCNC1. The lowest BCUT2D eigenvalue weighted by molar-refractivity contribution is 0.0967. The molecule has 12 heteroatoms. The van der Waals surface area contributed by atoms with Gasteiger partial charge < -0.3 is 10.4 Å². The summed E-state index contributed by atoms with van der Waals surface area (Å²) in [7, 11) is 0. The van der Waals surface area contributed by atoms with Gasteiger partial charge in [-0.25, -0.2) is 14.4 Å². The predicted molar refractivity (Wildman–Crippen MR) is 142 cm³/mol. The summed E-state index contributed by atoms with van der Waals surface area (Å²) in [6.07, 6.45) is 8.32. The van der Waals surface area contributed by atoms with Crippen LogP contribution in [0.1, 0.15) is 23.2 Å². The number of anilines is 1. The van der Waals surface area contributed by atoms with Crippen molar-refractivity contribution in [1.82, 2.24) is 40.1 Å². The number of hydrogen-bond donors (Lipinski definition) is 2. The molecule has 0 radical (unpaired) electrons. The number of halogens is 1. The van der Waals surface area contributed by atoms with Crippen LogP contribution < -0.4 is 10.2 Å². The van der Waals surface area contributed by atoms with Crippen LogP contribution in [0.3, 0.4) is 0 Å². The smallest absolute Gasteiger partial charge is 0.262 e. The van der Waals surface area contributed by atoms with E-state index in [0.717, 1.165) is 24.9 Å². The highest BCUT2D eigenvalue weighted by Gasteiger charge is 2.32. The van der Waals surface area contributed by atoms with Gasteiger partial charge in [-0.3, -0.25) is 14.4 Å². The number of nitrogens with zero attached hydrogens (tertiary/aromatic N) is 8. The molecular formula is C27H26FN9O2. The summed E-state index contributed by atoms with van der Waals surface area (Å²) in [5, 5.41) is 25.1.